The Kier molecular flexibility index (Phi) is 3.09. The molecule has 1 aliphatic rings. The molecule has 1 heterocycles. The fourth-order valence-electron chi connectivity index (χ4n) is 2.31. The maximum Gasteiger partial charge on any atom is 0.246 e. The van der Waals surface area contributed by atoms with Crippen LogP contribution in [0, 0.1) is 0 Å². The fourth-order valence-corrected chi connectivity index (χ4v) is 2.31. The van der Waals surface area contributed by atoms with Crippen molar-refractivity contribution in [2.24, 2.45) is 0 Å². The number of nitrogens with one attached hydrogen (secondary N) is 1. The number of carbonyl (C=O) groups is 1. The van der Waals surface area contributed by atoms with Crippen molar-refractivity contribution in [2.75, 3.05) is 16.8 Å². The van der Waals surface area contributed by atoms with Gasteiger partial charge >= 0.3 is 0 Å². The molecular formula is C15H22N2O. The predicted molar refractivity (Wildman–Crippen MR) is 76.3 cm³/mol. The third-order valence-corrected chi connectivity index (χ3v) is 3.34. The van der Waals surface area contributed by atoms with Crippen molar-refractivity contribution >= 4 is 17.3 Å². The standard InChI is InChI=1S/C15H22N2O/c1-10(2)17-13-7-6-11(15(3,4)5)8-12(13)16-9-14(17)18/h6-8,10,16H,9H2,1-5H3. The number of amides is 1. The normalized spacial score (nSPS) is 15.7. The second-order valence-corrected chi connectivity index (χ2v) is 6.19. The van der Waals surface area contributed by atoms with Gasteiger partial charge in [0.05, 0.1) is 17.9 Å². The first-order valence-corrected chi connectivity index (χ1v) is 6.51. The van der Waals surface area contributed by atoms with E-state index >= 15 is 0 Å². The van der Waals surface area contributed by atoms with Crippen LogP contribution >= 0.6 is 0 Å². The summed E-state index contributed by atoms with van der Waals surface area (Å²) in [5.74, 6) is 0.140. The zero-order valence-electron chi connectivity index (χ0n) is 11.9. The Morgan fingerprint density at radius 3 is 2.50 bits per heavy atom. The maximum atomic E-state index is 11.9. The highest BCUT2D eigenvalue weighted by Gasteiger charge is 2.27. The van der Waals surface area contributed by atoms with E-state index in [9.17, 15) is 4.79 Å². The average Bonchev–Trinajstić information content (AvgIpc) is 2.26. The van der Waals surface area contributed by atoms with Gasteiger partial charge in [0.15, 0.2) is 0 Å². The van der Waals surface area contributed by atoms with Gasteiger partial charge in [-0.1, -0.05) is 26.8 Å². The lowest BCUT2D eigenvalue weighted by Gasteiger charge is -2.34. The molecule has 0 bridgehead atoms. The largest absolute Gasteiger partial charge is 0.374 e. The Morgan fingerprint density at radius 1 is 1.28 bits per heavy atom. The second-order valence-electron chi connectivity index (χ2n) is 6.19. The topological polar surface area (TPSA) is 32.3 Å². The van der Waals surface area contributed by atoms with E-state index in [1.165, 1.54) is 5.56 Å². The molecule has 3 nitrogen and oxygen atoms in total. The molecule has 18 heavy (non-hydrogen) atoms. The first kappa shape index (κ1) is 12.9. The summed E-state index contributed by atoms with van der Waals surface area (Å²) in [5, 5.41) is 3.22. The van der Waals surface area contributed by atoms with E-state index in [4.69, 9.17) is 0 Å². The molecule has 0 aromatic heterocycles. The summed E-state index contributed by atoms with van der Waals surface area (Å²) in [6, 6.07) is 6.53. The van der Waals surface area contributed by atoms with E-state index in [0.29, 0.717) is 6.54 Å². The van der Waals surface area contributed by atoms with Gasteiger partial charge in [0.25, 0.3) is 0 Å². The van der Waals surface area contributed by atoms with Crippen LogP contribution < -0.4 is 10.2 Å². The molecule has 0 fully saturated rings. The highest BCUT2D eigenvalue weighted by Crippen LogP contribution is 2.35. The summed E-state index contributed by atoms with van der Waals surface area (Å²) >= 11 is 0. The van der Waals surface area contributed by atoms with E-state index in [1.807, 2.05) is 18.7 Å². The van der Waals surface area contributed by atoms with Crippen LogP contribution in [0.3, 0.4) is 0 Å². The van der Waals surface area contributed by atoms with Crippen molar-refractivity contribution in [2.45, 2.75) is 46.1 Å². The number of carbonyl (C=O) groups excluding carboxylic acids is 1. The summed E-state index contributed by atoms with van der Waals surface area (Å²) < 4.78 is 0. The van der Waals surface area contributed by atoms with Gasteiger partial charge in [-0.25, -0.2) is 0 Å². The first-order valence-electron chi connectivity index (χ1n) is 6.51. The Bertz CT molecular complexity index is 472. The molecule has 0 unspecified atom stereocenters. The SMILES string of the molecule is CC(C)N1C(=O)CNc2cc(C(C)(C)C)ccc21. The van der Waals surface area contributed by atoms with Crippen molar-refractivity contribution < 1.29 is 4.79 Å². The summed E-state index contributed by atoms with van der Waals surface area (Å²) in [5.41, 5.74) is 3.47. The van der Waals surface area contributed by atoms with Crippen molar-refractivity contribution in [1.82, 2.24) is 0 Å². The molecule has 2 rings (SSSR count). The minimum Gasteiger partial charge on any atom is -0.374 e. The number of hydrogen-bond acceptors (Lipinski definition) is 2. The molecule has 3 heteroatoms. The lowest BCUT2D eigenvalue weighted by atomic mass is 9.86. The van der Waals surface area contributed by atoms with Gasteiger partial charge in [0.2, 0.25) is 5.91 Å². The molecule has 0 saturated carbocycles. The number of rotatable bonds is 1. The van der Waals surface area contributed by atoms with Crippen molar-refractivity contribution in [3.63, 3.8) is 0 Å². The van der Waals surface area contributed by atoms with Crippen molar-refractivity contribution in [3.05, 3.63) is 23.8 Å². The molecule has 1 aliphatic heterocycles. The molecule has 1 aromatic carbocycles. The van der Waals surface area contributed by atoms with E-state index in [2.05, 4.69) is 44.3 Å². The highest BCUT2D eigenvalue weighted by molar-refractivity contribution is 6.03. The fraction of sp³-hybridized carbons (Fsp3) is 0.533. The molecule has 0 atom stereocenters. The quantitative estimate of drug-likeness (QED) is 0.825. The lowest BCUT2D eigenvalue weighted by molar-refractivity contribution is -0.117. The summed E-state index contributed by atoms with van der Waals surface area (Å²) in [7, 11) is 0. The summed E-state index contributed by atoms with van der Waals surface area (Å²) in [6.07, 6.45) is 0. The van der Waals surface area contributed by atoms with Gasteiger partial charge in [0, 0.05) is 6.04 Å². The molecular weight excluding hydrogens is 224 g/mol. The van der Waals surface area contributed by atoms with Crippen LogP contribution in [0.1, 0.15) is 40.2 Å². The van der Waals surface area contributed by atoms with Crippen LogP contribution in [0.25, 0.3) is 0 Å². The molecule has 1 amide bonds. The zero-order chi connectivity index (χ0) is 13.5. The van der Waals surface area contributed by atoms with E-state index in [1.54, 1.807) is 0 Å². The van der Waals surface area contributed by atoms with Crippen molar-refractivity contribution in [3.8, 4) is 0 Å². The van der Waals surface area contributed by atoms with Crippen molar-refractivity contribution in [1.29, 1.82) is 0 Å². The maximum absolute atomic E-state index is 11.9. The molecule has 0 aliphatic carbocycles. The molecule has 1 N–H and O–H groups in total. The number of hydrogen-bond donors (Lipinski definition) is 1. The third-order valence-electron chi connectivity index (χ3n) is 3.34. The monoisotopic (exact) mass is 246 g/mol. The van der Waals surface area contributed by atoms with Gasteiger partial charge in [-0.3, -0.25) is 4.79 Å². The van der Waals surface area contributed by atoms with Crippen LogP contribution in [-0.4, -0.2) is 18.5 Å². The molecule has 0 radical (unpaired) electrons. The third kappa shape index (κ3) is 2.22. The van der Waals surface area contributed by atoms with Gasteiger partial charge < -0.3 is 10.2 Å². The lowest BCUT2D eigenvalue weighted by Crippen LogP contribution is -2.44. The van der Waals surface area contributed by atoms with Crippen LogP contribution in [0.15, 0.2) is 18.2 Å². The van der Waals surface area contributed by atoms with E-state index in [-0.39, 0.29) is 17.4 Å². The Balaban J connectivity index is 2.47. The number of anilines is 2. The van der Waals surface area contributed by atoms with Gasteiger partial charge in [-0.05, 0) is 37.0 Å². The Labute approximate surface area is 109 Å². The Hall–Kier alpha value is -1.51. The van der Waals surface area contributed by atoms with Crippen LogP contribution in [0.2, 0.25) is 0 Å². The molecule has 0 saturated heterocycles. The first-order chi connectivity index (χ1) is 8.30. The minimum atomic E-state index is 0.126. The predicted octanol–water partition coefficient (Wildman–Crippen LogP) is 3.15. The van der Waals surface area contributed by atoms with E-state index < -0.39 is 0 Å². The molecule has 1 aromatic rings. The number of nitrogens with zero attached hydrogens (tertiary/aromatic N) is 1. The van der Waals surface area contributed by atoms with Crippen LogP contribution in [-0.2, 0) is 10.2 Å². The van der Waals surface area contributed by atoms with Crippen LogP contribution in [0.4, 0.5) is 11.4 Å². The molecule has 0 spiro atoms. The van der Waals surface area contributed by atoms with Gasteiger partial charge in [-0.15, -0.1) is 0 Å². The van der Waals surface area contributed by atoms with Gasteiger partial charge in [0.1, 0.15) is 0 Å². The van der Waals surface area contributed by atoms with E-state index in [0.717, 1.165) is 11.4 Å². The zero-order valence-corrected chi connectivity index (χ0v) is 11.9. The average molecular weight is 246 g/mol. The van der Waals surface area contributed by atoms with Gasteiger partial charge in [-0.2, -0.15) is 0 Å². The summed E-state index contributed by atoms with van der Waals surface area (Å²) in [4.78, 5) is 13.8. The second kappa shape index (κ2) is 4.30. The minimum absolute atomic E-state index is 0.126. The molecule has 98 valence electrons. The highest BCUT2D eigenvalue weighted by atomic mass is 16.2. The van der Waals surface area contributed by atoms with Crippen LogP contribution in [0.5, 0.6) is 0 Å². The number of fused-ring (bicyclic) bond motifs is 1. The summed E-state index contributed by atoms with van der Waals surface area (Å²) in [6.45, 7) is 11.1. The smallest absolute Gasteiger partial charge is 0.246 e. The Morgan fingerprint density at radius 2 is 1.94 bits per heavy atom. The number of benzene rings is 1.